The number of benzene rings is 1. The molecule has 2 heterocycles. The van der Waals surface area contributed by atoms with E-state index in [1.54, 1.807) is 12.4 Å². The first-order chi connectivity index (χ1) is 12.7. The molecule has 3 nitrogen and oxygen atoms in total. The van der Waals surface area contributed by atoms with Crippen molar-refractivity contribution < 1.29 is 0 Å². The monoisotopic (exact) mass is 341 g/mol. The molecule has 0 N–H and O–H groups in total. The van der Waals surface area contributed by atoms with Crippen LogP contribution in [0.1, 0.15) is 30.2 Å². The third-order valence-corrected chi connectivity index (χ3v) is 6.03. The van der Waals surface area contributed by atoms with Gasteiger partial charge in [0.15, 0.2) is 0 Å². The third kappa shape index (κ3) is 2.55. The standard InChI is InChI=1S/C23H23N3/c1-23-10-8-17-6-7-19(14-21(17)20-4-2-3-5-22(20)23)26(16-23)13-9-18-15-24-11-12-25-18/h2-8,10-12,15,19H,9,13-14,16H2,1H3. The lowest BCUT2D eigenvalue weighted by Crippen LogP contribution is -2.46. The fraction of sp³-hybridized carbons (Fsp3) is 0.304. The molecule has 0 fully saturated rings. The molecule has 2 atom stereocenters. The SMILES string of the molecule is CC12C=CC3=C(CC(C=C3)N(CCc3cnccn3)C1)c1ccccc12. The summed E-state index contributed by atoms with van der Waals surface area (Å²) >= 11 is 0. The van der Waals surface area contributed by atoms with Gasteiger partial charge in [-0.15, -0.1) is 0 Å². The van der Waals surface area contributed by atoms with Gasteiger partial charge in [-0.2, -0.15) is 0 Å². The summed E-state index contributed by atoms with van der Waals surface area (Å²) in [5.41, 5.74) is 6.87. The summed E-state index contributed by atoms with van der Waals surface area (Å²) in [5.74, 6) is 0. The van der Waals surface area contributed by atoms with Gasteiger partial charge in [0.2, 0.25) is 0 Å². The largest absolute Gasteiger partial charge is 0.295 e. The van der Waals surface area contributed by atoms with Gasteiger partial charge in [-0.25, -0.2) is 0 Å². The van der Waals surface area contributed by atoms with E-state index in [0.717, 1.165) is 31.6 Å². The summed E-state index contributed by atoms with van der Waals surface area (Å²) in [6, 6.07) is 9.43. The van der Waals surface area contributed by atoms with Gasteiger partial charge in [-0.05, 0) is 28.7 Å². The summed E-state index contributed by atoms with van der Waals surface area (Å²) in [4.78, 5) is 11.3. The average molecular weight is 341 g/mol. The van der Waals surface area contributed by atoms with E-state index in [1.807, 2.05) is 6.20 Å². The summed E-state index contributed by atoms with van der Waals surface area (Å²) in [7, 11) is 0. The first-order valence-electron chi connectivity index (χ1n) is 9.42. The van der Waals surface area contributed by atoms with E-state index < -0.39 is 0 Å². The van der Waals surface area contributed by atoms with Crippen molar-refractivity contribution in [3.05, 3.63) is 89.6 Å². The first kappa shape index (κ1) is 15.7. The van der Waals surface area contributed by atoms with Crippen LogP contribution < -0.4 is 0 Å². The molecule has 1 aromatic carbocycles. The quantitative estimate of drug-likeness (QED) is 0.847. The van der Waals surface area contributed by atoms with Crippen LogP contribution in [-0.2, 0) is 11.8 Å². The second-order valence-electron chi connectivity index (χ2n) is 7.78. The molecule has 3 bridgehead atoms. The molecule has 1 aliphatic heterocycles. The zero-order chi connectivity index (χ0) is 17.6. The van der Waals surface area contributed by atoms with Gasteiger partial charge in [0.1, 0.15) is 0 Å². The summed E-state index contributed by atoms with van der Waals surface area (Å²) in [5, 5.41) is 0. The Morgan fingerprint density at radius 1 is 1.19 bits per heavy atom. The number of nitrogens with zero attached hydrogens (tertiary/aromatic N) is 3. The number of fused-ring (bicyclic) bond motifs is 1. The number of rotatable bonds is 3. The van der Waals surface area contributed by atoms with E-state index >= 15 is 0 Å². The molecule has 0 saturated heterocycles. The second kappa shape index (κ2) is 6.03. The van der Waals surface area contributed by atoms with E-state index in [2.05, 4.69) is 70.4 Å². The average Bonchev–Trinajstić information content (AvgIpc) is 2.73. The van der Waals surface area contributed by atoms with Crippen LogP contribution in [0.3, 0.4) is 0 Å². The Labute approximate surface area is 154 Å². The molecule has 3 aliphatic rings. The highest BCUT2D eigenvalue weighted by Gasteiger charge is 2.37. The van der Waals surface area contributed by atoms with Crippen LogP contribution in [0.5, 0.6) is 0 Å². The van der Waals surface area contributed by atoms with Crippen molar-refractivity contribution in [3.8, 4) is 0 Å². The minimum Gasteiger partial charge on any atom is -0.295 e. The van der Waals surface area contributed by atoms with E-state index in [4.69, 9.17) is 0 Å². The number of hydrogen-bond donors (Lipinski definition) is 0. The predicted octanol–water partition coefficient (Wildman–Crippen LogP) is 3.94. The fourth-order valence-corrected chi connectivity index (χ4v) is 4.63. The van der Waals surface area contributed by atoms with E-state index in [9.17, 15) is 0 Å². The highest BCUT2D eigenvalue weighted by atomic mass is 15.2. The van der Waals surface area contributed by atoms with Crippen molar-refractivity contribution in [3.63, 3.8) is 0 Å². The Balaban J connectivity index is 1.54. The molecule has 3 heteroatoms. The zero-order valence-electron chi connectivity index (χ0n) is 15.1. The van der Waals surface area contributed by atoms with Gasteiger partial charge < -0.3 is 0 Å². The van der Waals surface area contributed by atoms with Crippen molar-refractivity contribution in [1.29, 1.82) is 0 Å². The van der Waals surface area contributed by atoms with Crippen molar-refractivity contribution in [2.24, 2.45) is 0 Å². The van der Waals surface area contributed by atoms with Crippen LogP contribution in [0.4, 0.5) is 0 Å². The molecule has 2 aliphatic carbocycles. The lowest BCUT2D eigenvalue weighted by atomic mass is 9.75. The van der Waals surface area contributed by atoms with Gasteiger partial charge in [-0.3, -0.25) is 14.9 Å². The topological polar surface area (TPSA) is 29.0 Å². The van der Waals surface area contributed by atoms with Crippen molar-refractivity contribution in [2.75, 3.05) is 13.1 Å². The molecule has 0 amide bonds. The smallest absolute Gasteiger partial charge is 0.0599 e. The first-order valence-corrected chi connectivity index (χ1v) is 9.42. The minimum absolute atomic E-state index is 0.0245. The minimum atomic E-state index is 0.0245. The number of allylic oxidation sites excluding steroid dienone is 3. The molecular weight excluding hydrogens is 318 g/mol. The van der Waals surface area contributed by atoms with Gasteiger partial charge in [0.05, 0.1) is 5.69 Å². The normalized spacial score (nSPS) is 26.6. The maximum Gasteiger partial charge on any atom is 0.0599 e. The fourth-order valence-electron chi connectivity index (χ4n) is 4.63. The highest BCUT2D eigenvalue weighted by molar-refractivity contribution is 5.80. The molecular formula is C23H23N3. The molecule has 2 unspecified atom stereocenters. The molecule has 0 radical (unpaired) electrons. The lowest BCUT2D eigenvalue weighted by molar-refractivity contribution is 0.198. The predicted molar refractivity (Wildman–Crippen MR) is 105 cm³/mol. The number of aromatic nitrogens is 2. The van der Waals surface area contributed by atoms with E-state index in [-0.39, 0.29) is 5.41 Å². The van der Waals surface area contributed by atoms with Gasteiger partial charge in [0.25, 0.3) is 0 Å². The van der Waals surface area contributed by atoms with Crippen LogP contribution in [-0.4, -0.2) is 34.0 Å². The summed E-state index contributed by atoms with van der Waals surface area (Å²) in [6.07, 6.45) is 16.9. The van der Waals surface area contributed by atoms with Crippen LogP contribution in [0.2, 0.25) is 0 Å². The Morgan fingerprint density at radius 3 is 3.00 bits per heavy atom. The molecule has 0 spiro atoms. The maximum atomic E-state index is 4.46. The van der Waals surface area contributed by atoms with Crippen LogP contribution in [0.15, 0.2) is 72.7 Å². The highest BCUT2D eigenvalue weighted by Crippen LogP contribution is 2.44. The molecule has 0 saturated carbocycles. The Hall–Kier alpha value is -2.52. The van der Waals surface area contributed by atoms with Gasteiger partial charge >= 0.3 is 0 Å². The van der Waals surface area contributed by atoms with Crippen molar-refractivity contribution in [2.45, 2.75) is 31.2 Å². The van der Waals surface area contributed by atoms with Crippen LogP contribution in [0.25, 0.3) is 5.57 Å². The third-order valence-electron chi connectivity index (χ3n) is 6.03. The molecule has 5 rings (SSSR count). The Bertz CT molecular complexity index is 925. The second-order valence-corrected chi connectivity index (χ2v) is 7.78. The van der Waals surface area contributed by atoms with Crippen molar-refractivity contribution in [1.82, 2.24) is 14.9 Å². The molecule has 26 heavy (non-hydrogen) atoms. The summed E-state index contributed by atoms with van der Waals surface area (Å²) in [6.45, 7) is 4.41. The van der Waals surface area contributed by atoms with Gasteiger partial charge in [-0.1, -0.05) is 55.5 Å². The van der Waals surface area contributed by atoms with Gasteiger partial charge in [0, 0.05) is 49.6 Å². The van der Waals surface area contributed by atoms with Crippen LogP contribution in [0, 0.1) is 0 Å². The lowest BCUT2D eigenvalue weighted by Gasteiger charge is -2.41. The zero-order valence-corrected chi connectivity index (χ0v) is 15.1. The summed E-state index contributed by atoms with van der Waals surface area (Å²) < 4.78 is 0. The Kier molecular flexibility index (Phi) is 3.64. The number of hydrogen-bond acceptors (Lipinski definition) is 3. The molecule has 130 valence electrons. The maximum absolute atomic E-state index is 4.46. The molecule has 2 aromatic rings. The van der Waals surface area contributed by atoms with Crippen molar-refractivity contribution >= 4 is 5.57 Å². The van der Waals surface area contributed by atoms with E-state index in [0.29, 0.717) is 6.04 Å². The Morgan fingerprint density at radius 2 is 2.12 bits per heavy atom. The van der Waals surface area contributed by atoms with Crippen LogP contribution >= 0.6 is 0 Å². The van der Waals surface area contributed by atoms with E-state index in [1.165, 1.54) is 22.3 Å². The molecule has 1 aromatic heterocycles.